The Morgan fingerprint density at radius 3 is 2.50 bits per heavy atom. The molecular weight excluding hydrogens is 252 g/mol. The molecule has 0 fully saturated rings. The molecule has 0 unspecified atom stereocenters. The Morgan fingerprint density at radius 2 is 1.85 bits per heavy atom. The SMILES string of the molecule is CCCCCCCCCCOC(=O)C=Cc1ccco1. The first-order chi connectivity index (χ1) is 9.83. The van der Waals surface area contributed by atoms with E-state index >= 15 is 0 Å². The molecule has 0 saturated carbocycles. The molecule has 0 aliphatic carbocycles. The van der Waals surface area contributed by atoms with Crippen LogP contribution in [0.5, 0.6) is 0 Å². The Labute approximate surface area is 122 Å². The molecule has 0 bridgehead atoms. The Kier molecular flexibility index (Phi) is 9.37. The van der Waals surface area contributed by atoms with Crippen LogP contribution >= 0.6 is 0 Å². The van der Waals surface area contributed by atoms with Gasteiger partial charge in [-0.2, -0.15) is 0 Å². The molecular formula is C17H26O3. The van der Waals surface area contributed by atoms with Crippen LogP contribution in [-0.4, -0.2) is 12.6 Å². The van der Waals surface area contributed by atoms with E-state index in [-0.39, 0.29) is 5.97 Å². The first kappa shape index (κ1) is 16.5. The van der Waals surface area contributed by atoms with E-state index in [1.807, 2.05) is 0 Å². The van der Waals surface area contributed by atoms with E-state index in [0.717, 1.165) is 12.8 Å². The van der Waals surface area contributed by atoms with Crippen molar-refractivity contribution < 1.29 is 13.9 Å². The van der Waals surface area contributed by atoms with Crippen molar-refractivity contribution in [2.75, 3.05) is 6.61 Å². The van der Waals surface area contributed by atoms with Gasteiger partial charge < -0.3 is 9.15 Å². The highest BCUT2D eigenvalue weighted by atomic mass is 16.5. The molecule has 112 valence electrons. The number of rotatable bonds is 11. The van der Waals surface area contributed by atoms with E-state index in [0.29, 0.717) is 12.4 Å². The van der Waals surface area contributed by atoms with Gasteiger partial charge in [0, 0.05) is 6.08 Å². The zero-order valence-corrected chi connectivity index (χ0v) is 12.5. The fourth-order valence-electron chi connectivity index (χ4n) is 1.99. The van der Waals surface area contributed by atoms with Gasteiger partial charge >= 0.3 is 5.97 Å². The van der Waals surface area contributed by atoms with Crippen LogP contribution in [0.2, 0.25) is 0 Å². The maximum atomic E-state index is 11.4. The molecule has 0 radical (unpaired) electrons. The summed E-state index contributed by atoms with van der Waals surface area (Å²) in [5.41, 5.74) is 0. The second-order valence-electron chi connectivity index (χ2n) is 4.99. The molecule has 1 rings (SSSR count). The van der Waals surface area contributed by atoms with Crippen LogP contribution in [-0.2, 0) is 9.53 Å². The van der Waals surface area contributed by atoms with Crippen molar-refractivity contribution >= 4 is 12.0 Å². The van der Waals surface area contributed by atoms with Gasteiger partial charge in [0.05, 0.1) is 12.9 Å². The normalized spacial score (nSPS) is 11.1. The minimum Gasteiger partial charge on any atom is -0.465 e. The molecule has 1 aromatic rings. The third kappa shape index (κ3) is 8.57. The third-order valence-electron chi connectivity index (χ3n) is 3.17. The number of hydrogen-bond acceptors (Lipinski definition) is 3. The van der Waals surface area contributed by atoms with E-state index in [1.54, 1.807) is 24.5 Å². The standard InChI is InChI=1S/C17H26O3/c1-2-3-4-5-6-7-8-9-14-20-17(18)13-12-16-11-10-15-19-16/h10-13,15H,2-9,14H2,1H3. The van der Waals surface area contributed by atoms with Crippen LogP contribution in [0.15, 0.2) is 28.9 Å². The Bertz CT molecular complexity index is 366. The van der Waals surface area contributed by atoms with Gasteiger partial charge in [-0.1, -0.05) is 51.9 Å². The molecule has 1 heterocycles. The molecule has 0 N–H and O–H groups in total. The lowest BCUT2D eigenvalue weighted by Crippen LogP contribution is -2.02. The molecule has 0 amide bonds. The number of ether oxygens (including phenoxy) is 1. The summed E-state index contributed by atoms with van der Waals surface area (Å²) in [5.74, 6) is 0.360. The highest BCUT2D eigenvalue weighted by Gasteiger charge is 1.98. The van der Waals surface area contributed by atoms with Crippen molar-refractivity contribution in [1.82, 2.24) is 0 Å². The van der Waals surface area contributed by atoms with Gasteiger partial charge in [-0.05, 0) is 24.6 Å². The predicted octanol–water partition coefficient (Wildman–Crippen LogP) is 4.98. The molecule has 3 heteroatoms. The lowest BCUT2D eigenvalue weighted by molar-refractivity contribution is -0.137. The van der Waals surface area contributed by atoms with Gasteiger partial charge in [0.1, 0.15) is 5.76 Å². The Hall–Kier alpha value is -1.51. The number of furan rings is 1. The quantitative estimate of drug-likeness (QED) is 0.325. The molecule has 0 spiro atoms. The molecule has 1 aromatic heterocycles. The lowest BCUT2D eigenvalue weighted by Gasteiger charge is -2.02. The fraction of sp³-hybridized carbons (Fsp3) is 0.588. The van der Waals surface area contributed by atoms with Gasteiger partial charge in [0.25, 0.3) is 0 Å². The Morgan fingerprint density at radius 1 is 1.15 bits per heavy atom. The summed E-state index contributed by atoms with van der Waals surface area (Å²) >= 11 is 0. The summed E-state index contributed by atoms with van der Waals surface area (Å²) in [6.45, 7) is 2.74. The average molecular weight is 278 g/mol. The predicted molar refractivity (Wildman–Crippen MR) is 81.3 cm³/mol. The van der Waals surface area contributed by atoms with E-state index in [2.05, 4.69) is 6.92 Å². The van der Waals surface area contributed by atoms with Crippen molar-refractivity contribution in [3.63, 3.8) is 0 Å². The van der Waals surface area contributed by atoms with Crippen LogP contribution < -0.4 is 0 Å². The molecule has 0 aliphatic rings. The summed E-state index contributed by atoms with van der Waals surface area (Å²) in [7, 11) is 0. The smallest absolute Gasteiger partial charge is 0.330 e. The average Bonchev–Trinajstić information content (AvgIpc) is 2.96. The van der Waals surface area contributed by atoms with E-state index in [9.17, 15) is 4.79 Å². The number of hydrogen-bond donors (Lipinski definition) is 0. The monoisotopic (exact) mass is 278 g/mol. The fourth-order valence-corrected chi connectivity index (χ4v) is 1.99. The summed E-state index contributed by atoms with van der Waals surface area (Å²) < 4.78 is 10.2. The van der Waals surface area contributed by atoms with Crippen LogP contribution in [0.3, 0.4) is 0 Å². The van der Waals surface area contributed by atoms with Gasteiger partial charge in [-0.3, -0.25) is 0 Å². The van der Waals surface area contributed by atoms with E-state index < -0.39 is 0 Å². The van der Waals surface area contributed by atoms with Crippen LogP contribution in [0.1, 0.15) is 64.1 Å². The highest BCUT2D eigenvalue weighted by molar-refractivity contribution is 5.86. The van der Waals surface area contributed by atoms with E-state index in [1.165, 1.54) is 44.6 Å². The van der Waals surface area contributed by atoms with Crippen molar-refractivity contribution in [3.8, 4) is 0 Å². The van der Waals surface area contributed by atoms with Crippen molar-refractivity contribution in [1.29, 1.82) is 0 Å². The van der Waals surface area contributed by atoms with Gasteiger partial charge in [-0.15, -0.1) is 0 Å². The maximum Gasteiger partial charge on any atom is 0.330 e. The summed E-state index contributed by atoms with van der Waals surface area (Å²) in [5, 5.41) is 0. The van der Waals surface area contributed by atoms with Gasteiger partial charge in [0.15, 0.2) is 0 Å². The number of carbonyl (C=O) groups is 1. The molecule has 20 heavy (non-hydrogen) atoms. The largest absolute Gasteiger partial charge is 0.465 e. The zero-order chi connectivity index (χ0) is 14.5. The summed E-state index contributed by atoms with van der Waals surface area (Å²) in [6.07, 6.45) is 14.6. The molecule has 0 aliphatic heterocycles. The first-order valence-corrected chi connectivity index (χ1v) is 7.71. The van der Waals surface area contributed by atoms with Gasteiger partial charge in [-0.25, -0.2) is 4.79 Å². The second kappa shape index (κ2) is 11.3. The third-order valence-corrected chi connectivity index (χ3v) is 3.17. The molecule has 0 atom stereocenters. The van der Waals surface area contributed by atoms with Crippen molar-refractivity contribution in [2.45, 2.75) is 58.3 Å². The minimum atomic E-state index is -0.302. The highest BCUT2D eigenvalue weighted by Crippen LogP contribution is 2.08. The number of carbonyl (C=O) groups excluding carboxylic acids is 1. The summed E-state index contributed by atoms with van der Waals surface area (Å²) in [4.78, 5) is 11.4. The summed E-state index contributed by atoms with van der Waals surface area (Å²) in [6, 6.07) is 3.58. The Balaban J connectivity index is 1.92. The van der Waals surface area contributed by atoms with Crippen molar-refractivity contribution in [3.05, 3.63) is 30.2 Å². The molecule has 0 saturated heterocycles. The van der Waals surface area contributed by atoms with E-state index in [4.69, 9.17) is 9.15 Å². The minimum absolute atomic E-state index is 0.302. The van der Waals surface area contributed by atoms with Crippen LogP contribution in [0.4, 0.5) is 0 Å². The lowest BCUT2D eigenvalue weighted by atomic mass is 10.1. The first-order valence-electron chi connectivity index (χ1n) is 7.71. The maximum absolute atomic E-state index is 11.4. The number of esters is 1. The van der Waals surface area contributed by atoms with Crippen LogP contribution in [0.25, 0.3) is 6.08 Å². The number of unbranched alkanes of at least 4 members (excludes halogenated alkanes) is 7. The van der Waals surface area contributed by atoms with Crippen LogP contribution in [0, 0.1) is 0 Å². The molecule has 0 aromatic carbocycles. The van der Waals surface area contributed by atoms with Crippen molar-refractivity contribution in [2.24, 2.45) is 0 Å². The molecule has 3 nitrogen and oxygen atoms in total. The van der Waals surface area contributed by atoms with Gasteiger partial charge in [0.2, 0.25) is 0 Å². The topological polar surface area (TPSA) is 39.4 Å². The second-order valence-corrected chi connectivity index (χ2v) is 4.99. The zero-order valence-electron chi connectivity index (χ0n) is 12.5.